The monoisotopic (exact) mass is 364 g/mol. The third-order valence-electron chi connectivity index (χ3n) is 4.65. The smallest absolute Gasteiger partial charge is 0.232 e. The van der Waals surface area contributed by atoms with Crippen LogP contribution in [0.2, 0.25) is 0 Å². The van der Waals surface area contributed by atoms with Crippen LogP contribution in [0.15, 0.2) is 17.4 Å². The van der Waals surface area contributed by atoms with Gasteiger partial charge in [-0.05, 0) is 45.5 Å². The van der Waals surface area contributed by atoms with Gasteiger partial charge < -0.3 is 9.80 Å². The number of carbonyl (C=O) groups is 1. The summed E-state index contributed by atoms with van der Waals surface area (Å²) in [4.78, 5) is 27.9. The van der Waals surface area contributed by atoms with Gasteiger partial charge in [0, 0.05) is 23.4 Å². The van der Waals surface area contributed by atoms with E-state index in [9.17, 15) is 4.79 Å². The molecule has 0 atom stereocenters. The van der Waals surface area contributed by atoms with Crippen LogP contribution < -0.4 is 0 Å². The number of aryl methyl sites for hydroxylation is 1. The van der Waals surface area contributed by atoms with Crippen molar-refractivity contribution in [3.8, 4) is 0 Å². The molecular weight excluding hydrogens is 340 g/mol. The van der Waals surface area contributed by atoms with Crippen LogP contribution in [0.25, 0.3) is 10.2 Å². The highest BCUT2D eigenvalue weighted by atomic mass is 32.2. The zero-order chi connectivity index (χ0) is 17.1. The van der Waals surface area contributed by atoms with E-state index in [0.717, 1.165) is 47.6 Å². The van der Waals surface area contributed by atoms with Gasteiger partial charge in [-0.3, -0.25) is 4.79 Å². The van der Waals surface area contributed by atoms with Crippen molar-refractivity contribution in [3.05, 3.63) is 17.3 Å². The van der Waals surface area contributed by atoms with Crippen LogP contribution >= 0.6 is 23.1 Å². The zero-order valence-corrected chi connectivity index (χ0v) is 16.1. The molecule has 24 heavy (non-hydrogen) atoms. The van der Waals surface area contributed by atoms with E-state index in [0.29, 0.717) is 11.8 Å². The van der Waals surface area contributed by atoms with Crippen LogP contribution in [0.1, 0.15) is 24.6 Å². The number of nitrogens with zero attached hydrogens (tertiary/aromatic N) is 4. The standard InChI is InChI=1S/C17H24N4OS2/c1-4-13-9-14-16(18-11-19-17(14)24-13)23-10-15(22)21(3)12-5-7-20(2)8-6-12/h9,11-12H,4-8,10H2,1-3H3. The van der Waals surface area contributed by atoms with Gasteiger partial charge in [-0.15, -0.1) is 11.3 Å². The third-order valence-corrected chi connectivity index (χ3v) is 6.83. The van der Waals surface area contributed by atoms with E-state index >= 15 is 0 Å². The molecule has 3 heterocycles. The van der Waals surface area contributed by atoms with Gasteiger partial charge in [0.15, 0.2) is 0 Å². The van der Waals surface area contributed by atoms with Gasteiger partial charge in [0.2, 0.25) is 5.91 Å². The topological polar surface area (TPSA) is 49.3 Å². The summed E-state index contributed by atoms with van der Waals surface area (Å²) in [5.74, 6) is 0.624. The first kappa shape index (κ1) is 17.6. The minimum Gasteiger partial charge on any atom is -0.342 e. The lowest BCUT2D eigenvalue weighted by Crippen LogP contribution is -2.45. The summed E-state index contributed by atoms with van der Waals surface area (Å²) in [5, 5.41) is 2.00. The Bertz CT molecular complexity index is 710. The summed E-state index contributed by atoms with van der Waals surface area (Å²) in [5.41, 5.74) is 0. The fourth-order valence-electron chi connectivity index (χ4n) is 2.99. The molecule has 3 rings (SSSR count). The molecule has 5 nitrogen and oxygen atoms in total. The predicted octanol–water partition coefficient (Wildman–Crippen LogP) is 2.90. The molecule has 0 bridgehead atoms. The van der Waals surface area contributed by atoms with E-state index in [4.69, 9.17) is 0 Å². The molecule has 2 aromatic rings. The number of hydrogen-bond donors (Lipinski definition) is 0. The van der Waals surface area contributed by atoms with Gasteiger partial charge in [-0.1, -0.05) is 18.7 Å². The maximum absolute atomic E-state index is 12.5. The Hall–Kier alpha value is -1.18. The summed E-state index contributed by atoms with van der Waals surface area (Å²) in [6, 6.07) is 2.53. The lowest BCUT2D eigenvalue weighted by molar-refractivity contribution is -0.129. The summed E-state index contributed by atoms with van der Waals surface area (Å²) < 4.78 is 0. The highest BCUT2D eigenvalue weighted by molar-refractivity contribution is 8.00. The number of thiophene rings is 1. The first-order valence-corrected chi connectivity index (χ1v) is 10.2. The maximum atomic E-state index is 12.5. The highest BCUT2D eigenvalue weighted by Gasteiger charge is 2.24. The normalized spacial score (nSPS) is 16.6. The molecule has 1 amide bonds. The summed E-state index contributed by atoms with van der Waals surface area (Å²) in [6.07, 6.45) is 4.73. The Morgan fingerprint density at radius 2 is 2.17 bits per heavy atom. The number of piperidine rings is 1. The van der Waals surface area contributed by atoms with Crippen molar-refractivity contribution in [2.45, 2.75) is 37.3 Å². The van der Waals surface area contributed by atoms with Gasteiger partial charge in [0.1, 0.15) is 16.2 Å². The van der Waals surface area contributed by atoms with Crippen molar-refractivity contribution in [1.29, 1.82) is 0 Å². The van der Waals surface area contributed by atoms with E-state index in [1.165, 1.54) is 16.6 Å². The SMILES string of the molecule is CCc1cc2c(SCC(=O)N(C)C3CCN(C)CC3)ncnc2s1. The number of carbonyl (C=O) groups excluding carboxylic acids is 1. The first-order chi connectivity index (χ1) is 11.6. The molecule has 7 heteroatoms. The Morgan fingerprint density at radius 1 is 1.42 bits per heavy atom. The number of fused-ring (bicyclic) bond motifs is 1. The number of likely N-dealkylation sites (tertiary alicyclic amines) is 1. The van der Waals surface area contributed by atoms with Crippen molar-refractivity contribution < 1.29 is 4.79 Å². The molecule has 0 spiro atoms. The molecule has 1 aliphatic rings. The van der Waals surface area contributed by atoms with Gasteiger partial charge >= 0.3 is 0 Å². The number of thioether (sulfide) groups is 1. The highest BCUT2D eigenvalue weighted by Crippen LogP contribution is 2.31. The van der Waals surface area contributed by atoms with Crippen LogP contribution in [0, 0.1) is 0 Å². The molecular formula is C17H24N4OS2. The Balaban J connectivity index is 1.63. The van der Waals surface area contributed by atoms with Crippen molar-refractivity contribution >= 4 is 39.2 Å². The summed E-state index contributed by atoms with van der Waals surface area (Å²) >= 11 is 3.24. The Morgan fingerprint density at radius 3 is 2.88 bits per heavy atom. The van der Waals surface area contributed by atoms with Crippen LogP contribution in [-0.4, -0.2) is 64.7 Å². The van der Waals surface area contributed by atoms with Crippen LogP contribution in [0.4, 0.5) is 0 Å². The van der Waals surface area contributed by atoms with Crippen molar-refractivity contribution in [1.82, 2.24) is 19.8 Å². The molecule has 0 aliphatic carbocycles. The van der Waals surface area contributed by atoms with Crippen LogP contribution in [0.5, 0.6) is 0 Å². The van der Waals surface area contributed by atoms with Crippen LogP contribution in [-0.2, 0) is 11.2 Å². The van der Waals surface area contributed by atoms with E-state index in [1.807, 2.05) is 11.9 Å². The molecule has 0 unspecified atom stereocenters. The van der Waals surface area contributed by atoms with Gasteiger partial charge in [0.25, 0.3) is 0 Å². The maximum Gasteiger partial charge on any atom is 0.232 e. The fourth-order valence-corrected chi connectivity index (χ4v) is 4.89. The second kappa shape index (κ2) is 7.80. The molecule has 2 aromatic heterocycles. The molecule has 0 saturated carbocycles. The second-order valence-electron chi connectivity index (χ2n) is 6.29. The number of aromatic nitrogens is 2. The summed E-state index contributed by atoms with van der Waals surface area (Å²) in [7, 11) is 4.08. The van der Waals surface area contributed by atoms with Crippen molar-refractivity contribution in [2.75, 3.05) is 32.9 Å². The number of rotatable bonds is 5. The Labute approximate surface area is 151 Å². The van der Waals surface area contributed by atoms with E-state index in [1.54, 1.807) is 17.7 Å². The average Bonchev–Trinajstić information content (AvgIpc) is 3.03. The largest absolute Gasteiger partial charge is 0.342 e. The number of amides is 1. The number of hydrogen-bond acceptors (Lipinski definition) is 6. The van der Waals surface area contributed by atoms with Crippen molar-refractivity contribution in [3.63, 3.8) is 0 Å². The molecule has 130 valence electrons. The predicted molar refractivity (Wildman–Crippen MR) is 101 cm³/mol. The fraction of sp³-hybridized carbons (Fsp3) is 0.588. The van der Waals surface area contributed by atoms with Crippen LogP contribution in [0.3, 0.4) is 0 Å². The molecule has 1 saturated heterocycles. The minimum atomic E-state index is 0.187. The molecule has 1 fully saturated rings. The summed E-state index contributed by atoms with van der Waals surface area (Å²) in [6.45, 7) is 4.28. The third kappa shape index (κ3) is 3.90. The van der Waals surface area contributed by atoms with Gasteiger partial charge in [-0.25, -0.2) is 9.97 Å². The lowest BCUT2D eigenvalue weighted by Gasteiger charge is -2.35. The van der Waals surface area contributed by atoms with E-state index in [-0.39, 0.29) is 5.91 Å². The van der Waals surface area contributed by atoms with Gasteiger partial charge in [-0.2, -0.15) is 0 Å². The lowest BCUT2D eigenvalue weighted by atomic mass is 10.0. The average molecular weight is 365 g/mol. The molecule has 1 aliphatic heterocycles. The van der Waals surface area contributed by atoms with E-state index < -0.39 is 0 Å². The first-order valence-electron chi connectivity index (χ1n) is 8.39. The van der Waals surface area contributed by atoms with Crippen molar-refractivity contribution in [2.24, 2.45) is 0 Å². The zero-order valence-electron chi connectivity index (χ0n) is 14.5. The quantitative estimate of drug-likeness (QED) is 0.603. The molecule has 0 radical (unpaired) electrons. The van der Waals surface area contributed by atoms with Gasteiger partial charge in [0.05, 0.1) is 5.75 Å². The Kier molecular flexibility index (Phi) is 5.73. The minimum absolute atomic E-state index is 0.187. The second-order valence-corrected chi connectivity index (χ2v) is 8.37. The molecule has 0 aromatic carbocycles. The van der Waals surface area contributed by atoms with E-state index in [2.05, 4.69) is 34.9 Å². The molecule has 0 N–H and O–H groups in total.